The van der Waals surface area contributed by atoms with E-state index < -0.39 is 5.82 Å². The summed E-state index contributed by atoms with van der Waals surface area (Å²) in [4.78, 5) is 11.8. The van der Waals surface area contributed by atoms with Gasteiger partial charge in [0.2, 0.25) is 5.91 Å². The van der Waals surface area contributed by atoms with E-state index in [-0.39, 0.29) is 10.9 Å². The van der Waals surface area contributed by atoms with Crippen molar-refractivity contribution in [1.82, 2.24) is 0 Å². The third kappa shape index (κ3) is 5.42. The number of halogens is 2. The molecule has 2 aromatic rings. The van der Waals surface area contributed by atoms with Crippen molar-refractivity contribution in [1.29, 1.82) is 0 Å². The highest BCUT2D eigenvalue weighted by Gasteiger charge is 2.03. The number of anilines is 1. The van der Waals surface area contributed by atoms with Gasteiger partial charge in [-0.25, -0.2) is 4.39 Å². The van der Waals surface area contributed by atoms with Crippen LogP contribution in [0, 0.1) is 5.82 Å². The van der Waals surface area contributed by atoms with Gasteiger partial charge >= 0.3 is 0 Å². The van der Waals surface area contributed by atoms with Gasteiger partial charge in [0.15, 0.2) is 0 Å². The summed E-state index contributed by atoms with van der Waals surface area (Å²) in [7, 11) is 0. The zero-order valence-electron chi connectivity index (χ0n) is 12.7. The average Bonchev–Trinajstić information content (AvgIpc) is 2.55. The molecule has 0 aliphatic carbocycles. The van der Waals surface area contributed by atoms with Crippen LogP contribution in [0.4, 0.5) is 10.1 Å². The molecule has 0 bridgehead atoms. The highest BCUT2D eigenvalue weighted by atomic mass is 35.5. The first-order chi connectivity index (χ1) is 11.1. The van der Waals surface area contributed by atoms with Crippen LogP contribution in [0.25, 0.3) is 6.08 Å². The lowest BCUT2D eigenvalue weighted by Crippen LogP contribution is -2.07. The maximum atomic E-state index is 13.0. The van der Waals surface area contributed by atoms with Crippen molar-refractivity contribution >= 4 is 29.3 Å². The largest absolute Gasteiger partial charge is 0.494 e. The molecule has 23 heavy (non-hydrogen) atoms. The Morgan fingerprint density at radius 1 is 1.26 bits per heavy atom. The van der Waals surface area contributed by atoms with Gasteiger partial charge in [0, 0.05) is 11.8 Å². The van der Waals surface area contributed by atoms with E-state index in [9.17, 15) is 9.18 Å². The normalized spacial score (nSPS) is 10.7. The van der Waals surface area contributed by atoms with Crippen LogP contribution < -0.4 is 10.1 Å². The second kappa shape index (κ2) is 8.34. The Morgan fingerprint density at radius 3 is 2.65 bits per heavy atom. The molecule has 0 saturated carbocycles. The Bertz CT molecular complexity index is 699. The lowest BCUT2D eigenvalue weighted by molar-refractivity contribution is -0.111. The third-order valence-corrected chi connectivity index (χ3v) is 3.26. The average molecular weight is 334 g/mol. The van der Waals surface area contributed by atoms with Crippen molar-refractivity contribution in [2.75, 3.05) is 11.9 Å². The summed E-state index contributed by atoms with van der Waals surface area (Å²) in [5.74, 6) is -0.0426. The van der Waals surface area contributed by atoms with E-state index in [1.165, 1.54) is 24.3 Å². The fourth-order valence-electron chi connectivity index (χ4n) is 1.82. The zero-order valence-corrected chi connectivity index (χ0v) is 13.4. The van der Waals surface area contributed by atoms with Crippen LogP contribution in [0.15, 0.2) is 48.5 Å². The number of amides is 1. The summed E-state index contributed by atoms with van der Waals surface area (Å²) in [6, 6.07) is 11.5. The first-order valence-electron chi connectivity index (χ1n) is 7.25. The Balaban J connectivity index is 1.93. The van der Waals surface area contributed by atoms with Crippen LogP contribution in [-0.2, 0) is 4.79 Å². The van der Waals surface area contributed by atoms with Crippen LogP contribution in [0.1, 0.15) is 18.9 Å². The number of carbonyl (C=O) groups excluding carboxylic acids is 1. The van der Waals surface area contributed by atoms with Crippen LogP contribution in [0.5, 0.6) is 5.75 Å². The number of ether oxygens (including phenoxy) is 1. The number of hydrogen-bond acceptors (Lipinski definition) is 2. The van der Waals surface area contributed by atoms with Gasteiger partial charge in [-0.1, -0.05) is 30.7 Å². The van der Waals surface area contributed by atoms with Crippen LogP contribution in [-0.4, -0.2) is 12.5 Å². The summed E-state index contributed by atoms with van der Waals surface area (Å²) in [5, 5.41) is 2.59. The van der Waals surface area contributed by atoms with Crippen molar-refractivity contribution in [3.05, 3.63) is 64.9 Å². The summed E-state index contributed by atoms with van der Waals surface area (Å²) in [5.41, 5.74) is 1.32. The molecule has 0 spiro atoms. The Morgan fingerprint density at radius 2 is 2.00 bits per heavy atom. The maximum absolute atomic E-state index is 13.0. The predicted molar refractivity (Wildman–Crippen MR) is 91.3 cm³/mol. The fourth-order valence-corrected chi connectivity index (χ4v) is 2.01. The molecule has 0 saturated heterocycles. The standard InChI is InChI=1S/C18H17ClFNO2/c1-2-11-23-15-7-3-13(4-8-15)5-10-18(22)21-14-6-9-17(20)16(19)12-14/h3-10,12H,2,11H2,1H3,(H,21,22)/b10-5+. The van der Waals surface area contributed by atoms with Gasteiger partial charge in [-0.3, -0.25) is 4.79 Å². The number of benzene rings is 2. The maximum Gasteiger partial charge on any atom is 0.248 e. The molecule has 0 radical (unpaired) electrons. The highest BCUT2D eigenvalue weighted by Crippen LogP contribution is 2.19. The number of hydrogen-bond donors (Lipinski definition) is 1. The smallest absolute Gasteiger partial charge is 0.248 e. The molecule has 3 nitrogen and oxygen atoms in total. The first kappa shape index (κ1) is 17.0. The quantitative estimate of drug-likeness (QED) is 0.762. The number of carbonyl (C=O) groups is 1. The van der Waals surface area contributed by atoms with Gasteiger partial charge in [0.1, 0.15) is 11.6 Å². The number of rotatable bonds is 6. The topological polar surface area (TPSA) is 38.3 Å². The van der Waals surface area contributed by atoms with E-state index in [0.29, 0.717) is 12.3 Å². The SMILES string of the molecule is CCCOc1ccc(/C=C/C(=O)Nc2ccc(F)c(Cl)c2)cc1. The molecular weight excluding hydrogens is 317 g/mol. The lowest BCUT2D eigenvalue weighted by Gasteiger charge is -2.04. The van der Waals surface area contributed by atoms with Crippen LogP contribution in [0.2, 0.25) is 5.02 Å². The highest BCUT2D eigenvalue weighted by molar-refractivity contribution is 6.31. The molecule has 5 heteroatoms. The molecule has 0 aliphatic heterocycles. The fraction of sp³-hybridized carbons (Fsp3) is 0.167. The van der Waals surface area contributed by atoms with E-state index >= 15 is 0 Å². The summed E-state index contributed by atoms with van der Waals surface area (Å²) in [6.45, 7) is 2.72. The monoisotopic (exact) mass is 333 g/mol. The summed E-state index contributed by atoms with van der Waals surface area (Å²) < 4.78 is 18.5. The van der Waals surface area contributed by atoms with Crippen molar-refractivity contribution in [2.45, 2.75) is 13.3 Å². The molecule has 120 valence electrons. The van der Waals surface area contributed by atoms with Gasteiger partial charge in [-0.2, -0.15) is 0 Å². The molecule has 2 aromatic carbocycles. The number of nitrogens with one attached hydrogen (secondary N) is 1. The Hall–Kier alpha value is -2.33. The van der Waals surface area contributed by atoms with Crippen LogP contribution in [0.3, 0.4) is 0 Å². The molecular formula is C18H17ClFNO2. The van der Waals surface area contributed by atoms with E-state index in [2.05, 4.69) is 5.32 Å². The van der Waals surface area contributed by atoms with E-state index in [1.54, 1.807) is 6.08 Å². The molecule has 0 heterocycles. The van der Waals surface area contributed by atoms with Gasteiger partial charge in [0.05, 0.1) is 11.6 Å². The lowest BCUT2D eigenvalue weighted by atomic mass is 10.2. The predicted octanol–water partition coefficient (Wildman–Crippen LogP) is 4.92. The molecule has 1 N–H and O–H groups in total. The zero-order chi connectivity index (χ0) is 16.7. The summed E-state index contributed by atoms with van der Waals surface area (Å²) in [6.07, 6.45) is 4.04. The van der Waals surface area contributed by atoms with Gasteiger partial charge in [-0.05, 0) is 48.4 Å². The van der Waals surface area contributed by atoms with Crippen molar-refractivity contribution in [2.24, 2.45) is 0 Å². The third-order valence-electron chi connectivity index (χ3n) is 2.97. The molecule has 0 atom stereocenters. The minimum Gasteiger partial charge on any atom is -0.494 e. The van der Waals surface area contributed by atoms with Gasteiger partial charge in [0.25, 0.3) is 0 Å². The van der Waals surface area contributed by atoms with E-state index in [4.69, 9.17) is 16.3 Å². The van der Waals surface area contributed by atoms with Crippen molar-refractivity contribution in [3.63, 3.8) is 0 Å². The van der Waals surface area contributed by atoms with E-state index in [1.807, 2.05) is 31.2 Å². The molecule has 0 aromatic heterocycles. The minimum absolute atomic E-state index is 0.0329. The molecule has 0 fully saturated rings. The second-order valence-corrected chi connectivity index (χ2v) is 5.28. The van der Waals surface area contributed by atoms with Gasteiger partial charge in [-0.15, -0.1) is 0 Å². The first-order valence-corrected chi connectivity index (χ1v) is 7.63. The molecule has 2 rings (SSSR count). The Labute approximate surface area is 139 Å². The second-order valence-electron chi connectivity index (χ2n) is 4.87. The molecule has 0 unspecified atom stereocenters. The minimum atomic E-state index is -0.523. The van der Waals surface area contributed by atoms with Gasteiger partial charge < -0.3 is 10.1 Å². The van der Waals surface area contributed by atoms with E-state index in [0.717, 1.165) is 17.7 Å². The van der Waals surface area contributed by atoms with Crippen LogP contribution >= 0.6 is 11.6 Å². The Kier molecular flexibility index (Phi) is 6.18. The van der Waals surface area contributed by atoms with Crippen molar-refractivity contribution < 1.29 is 13.9 Å². The summed E-state index contributed by atoms with van der Waals surface area (Å²) >= 11 is 5.67. The molecule has 1 amide bonds. The van der Waals surface area contributed by atoms with Crippen molar-refractivity contribution in [3.8, 4) is 5.75 Å². The molecule has 0 aliphatic rings.